The average Bonchev–Trinajstić information content (AvgIpc) is 2.97. The highest BCUT2D eigenvalue weighted by molar-refractivity contribution is 6.33. The van der Waals surface area contributed by atoms with Crippen LogP contribution in [-0.2, 0) is 17.4 Å². The van der Waals surface area contributed by atoms with Gasteiger partial charge in [-0.2, -0.15) is 13.2 Å². The first-order chi connectivity index (χ1) is 11.8. The Bertz CT molecular complexity index is 792. The summed E-state index contributed by atoms with van der Waals surface area (Å²) in [5.74, 6) is -0.370. The maximum Gasteiger partial charge on any atom is 0.416 e. The van der Waals surface area contributed by atoms with Gasteiger partial charge < -0.3 is 10.2 Å². The average molecular weight is 369 g/mol. The Morgan fingerprint density at radius 2 is 1.96 bits per heavy atom. The fourth-order valence-corrected chi connectivity index (χ4v) is 3.05. The van der Waals surface area contributed by atoms with E-state index in [1.54, 1.807) is 0 Å². The van der Waals surface area contributed by atoms with Gasteiger partial charge in [0, 0.05) is 25.2 Å². The second kappa shape index (κ2) is 6.96. The summed E-state index contributed by atoms with van der Waals surface area (Å²) in [6.45, 7) is 1.33. The molecule has 0 fully saturated rings. The van der Waals surface area contributed by atoms with Crippen LogP contribution in [0.4, 0.5) is 24.5 Å². The topological polar surface area (TPSA) is 32.3 Å². The summed E-state index contributed by atoms with van der Waals surface area (Å²) in [4.78, 5) is 14.2. The molecular formula is C18H16ClF3N2O. The summed E-state index contributed by atoms with van der Waals surface area (Å²) in [5, 5.41) is 2.55. The lowest BCUT2D eigenvalue weighted by Crippen LogP contribution is -2.26. The van der Waals surface area contributed by atoms with Crippen molar-refractivity contribution >= 4 is 28.9 Å². The fourth-order valence-electron chi connectivity index (χ4n) is 2.89. The Labute approximate surface area is 148 Å². The summed E-state index contributed by atoms with van der Waals surface area (Å²) in [7, 11) is 0. The number of carbonyl (C=O) groups excluding carboxylic acids is 1. The molecule has 0 aromatic heterocycles. The Kier molecular flexibility index (Phi) is 4.90. The molecule has 0 radical (unpaired) electrons. The van der Waals surface area contributed by atoms with Crippen molar-refractivity contribution in [3.8, 4) is 0 Å². The molecule has 0 saturated heterocycles. The van der Waals surface area contributed by atoms with Crippen molar-refractivity contribution in [1.29, 1.82) is 0 Å². The Morgan fingerprint density at radius 3 is 2.72 bits per heavy atom. The number of fused-ring (bicyclic) bond motifs is 1. The number of hydrogen-bond donors (Lipinski definition) is 1. The maximum atomic E-state index is 12.8. The Morgan fingerprint density at radius 1 is 1.20 bits per heavy atom. The molecule has 3 rings (SSSR count). The summed E-state index contributed by atoms with van der Waals surface area (Å²) < 4.78 is 38.3. The Hall–Kier alpha value is -2.21. The van der Waals surface area contributed by atoms with Crippen molar-refractivity contribution in [2.24, 2.45) is 0 Å². The zero-order chi connectivity index (χ0) is 18.0. The number of amides is 1. The van der Waals surface area contributed by atoms with E-state index in [-0.39, 0.29) is 23.0 Å². The lowest BCUT2D eigenvalue weighted by molar-refractivity contribution is -0.137. The molecule has 0 bridgehead atoms. The molecule has 0 spiro atoms. The SMILES string of the molecule is O=C(CCN1CCc2ccccc21)Nc1cc(C(F)(F)F)ccc1Cl. The molecule has 1 heterocycles. The molecular weight excluding hydrogens is 353 g/mol. The normalized spacial score (nSPS) is 13.7. The number of para-hydroxylation sites is 1. The molecule has 1 aliphatic rings. The second-order valence-electron chi connectivity index (χ2n) is 5.86. The summed E-state index contributed by atoms with van der Waals surface area (Å²) >= 11 is 5.89. The van der Waals surface area contributed by atoms with E-state index in [1.807, 2.05) is 18.2 Å². The van der Waals surface area contributed by atoms with Gasteiger partial charge in [0.15, 0.2) is 0 Å². The number of hydrogen-bond acceptors (Lipinski definition) is 2. The van der Waals surface area contributed by atoms with E-state index in [9.17, 15) is 18.0 Å². The van der Waals surface area contributed by atoms with E-state index in [0.717, 1.165) is 36.9 Å². The van der Waals surface area contributed by atoms with Crippen LogP contribution in [0.3, 0.4) is 0 Å². The van der Waals surface area contributed by atoms with Gasteiger partial charge in [-0.05, 0) is 36.2 Å². The third kappa shape index (κ3) is 4.07. The molecule has 132 valence electrons. The molecule has 1 N–H and O–H groups in total. The molecule has 25 heavy (non-hydrogen) atoms. The molecule has 2 aromatic carbocycles. The van der Waals surface area contributed by atoms with Crippen molar-refractivity contribution in [1.82, 2.24) is 0 Å². The highest BCUT2D eigenvalue weighted by Crippen LogP contribution is 2.34. The lowest BCUT2D eigenvalue weighted by Gasteiger charge is -2.19. The molecule has 0 aliphatic carbocycles. The largest absolute Gasteiger partial charge is 0.416 e. The van der Waals surface area contributed by atoms with E-state index in [4.69, 9.17) is 11.6 Å². The van der Waals surface area contributed by atoms with Gasteiger partial charge in [0.1, 0.15) is 0 Å². The van der Waals surface area contributed by atoms with Gasteiger partial charge in [-0.15, -0.1) is 0 Å². The number of alkyl halides is 3. The number of halogens is 4. The van der Waals surface area contributed by atoms with Crippen LogP contribution in [0.2, 0.25) is 5.02 Å². The van der Waals surface area contributed by atoms with Crippen LogP contribution in [0.25, 0.3) is 0 Å². The third-order valence-corrected chi connectivity index (χ3v) is 4.49. The molecule has 2 aromatic rings. The van der Waals surface area contributed by atoms with E-state index in [2.05, 4.69) is 16.3 Å². The quantitative estimate of drug-likeness (QED) is 0.844. The monoisotopic (exact) mass is 368 g/mol. The molecule has 0 atom stereocenters. The van der Waals surface area contributed by atoms with E-state index >= 15 is 0 Å². The standard InChI is InChI=1S/C18H16ClF3N2O/c19-14-6-5-13(18(20,21)22)11-15(14)23-17(25)8-10-24-9-7-12-3-1-2-4-16(12)24/h1-6,11H,7-10H2,(H,23,25). The molecule has 7 heteroatoms. The maximum absolute atomic E-state index is 12.8. The first kappa shape index (κ1) is 17.6. The molecule has 3 nitrogen and oxygen atoms in total. The first-order valence-electron chi connectivity index (χ1n) is 7.84. The molecule has 0 saturated carbocycles. The lowest BCUT2D eigenvalue weighted by atomic mass is 10.2. The fraction of sp³-hybridized carbons (Fsp3) is 0.278. The highest BCUT2D eigenvalue weighted by Gasteiger charge is 2.31. The number of nitrogens with one attached hydrogen (secondary N) is 1. The van der Waals surface area contributed by atoms with Crippen molar-refractivity contribution in [3.63, 3.8) is 0 Å². The van der Waals surface area contributed by atoms with E-state index < -0.39 is 11.7 Å². The van der Waals surface area contributed by atoms with Crippen LogP contribution in [0.5, 0.6) is 0 Å². The predicted molar refractivity (Wildman–Crippen MR) is 92.1 cm³/mol. The van der Waals surface area contributed by atoms with Gasteiger partial charge in [-0.1, -0.05) is 29.8 Å². The summed E-state index contributed by atoms with van der Waals surface area (Å²) in [6.07, 6.45) is -3.39. The van der Waals surface area contributed by atoms with Crippen LogP contribution in [0.15, 0.2) is 42.5 Å². The number of anilines is 2. The van der Waals surface area contributed by atoms with E-state index in [1.165, 1.54) is 5.56 Å². The minimum atomic E-state index is -4.48. The number of carbonyl (C=O) groups is 1. The van der Waals surface area contributed by atoms with Crippen molar-refractivity contribution < 1.29 is 18.0 Å². The van der Waals surface area contributed by atoms with Gasteiger partial charge in [0.25, 0.3) is 0 Å². The van der Waals surface area contributed by atoms with E-state index in [0.29, 0.717) is 6.54 Å². The van der Waals surface area contributed by atoms with Gasteiger partial charge in [-0.3, -0.25) is 4.79 Å². The predicted octanol–water partition coefficient (Wildman–Crippen LogP) is 4.75. The summed E-state index contributed by atoms with van der Waals surface area (Å²) in [6, 6.07) is 10.9. The minimum absolute atomic E-state index is 0.0247. The van der Waals surface area contributed by atoms with Gasteiger partial charge >= 0.3 is 6.18 Å². The Balaban J connectivity index is 1.62. The third-order valence-electron chi connectivity index (χ3n) is 4.16. The first-order valence-corrected chi connectivity index (χ1v) is 8.22. The second-order valence-corrected chi connectivity index (χ2v) is 6.26. The van der Waals surface area contributed by atoms with Crippen LogP contribution in [0, 0.1) is 0 Å². The van der Waals surface area contributed by atoms with Crippen LogP contribution < -0.4 is 10.2 Å². The number of rotatable bonds is 4. The van der Waals surface area contributed by atoms with Crippen LogP contribution in [-0.4, -0.2) is 19.0 Å². The highest BCUT2D eigenvalue weighted by atomic mass is 35.5. The van der Waals surface area contributed by atoms with Gasteiger partial charge in [0.2, 0.25) is 5.91 Å². The molecule has 1 aliphatic heterocycles. The molecule has 1 amide bonds. The van der Waals surface area contributed by atoms with Gasteiger partial charge in [-0.25, -0.2) is 0 Å². The smallest absolute Gasteiger partial charge is 0.370 e. The van der Waals surface area contributed by atoms with Crippen molar-refractivity contribution in [2.45, 2.75) is 19.0 Å². The zero-order valence-electron chi connectivity index (χ0n) is 13.2. The molecule has 0 unspecified atom stereocenters. The van der Waals surface area contributed by atoms with Crippen LogP contribution >= 0.6 is 11.6 Å². The minimum Gasteiger partial charge on any atom is -0.370 e. The van der Waals surface area contributed by atoms with Crippen molar-refractivity contribution in [2.75, 3.05) is 23.3 Å². The number of nitrogens with zero attached hydrogens (tertiary/aromatic N) is 1. The number of benzene rings is 2. The van der Waals surface area contributed by atoms with Crippen LogP contribution in [0.1, 0.15) is 17.5 Å². The zero-order valence-corrected chi connectivity index (χ0v) is 14.0. The summed E-state index contributed by atoms with van der Waals surface area (Å²) in [5.41, 5.74) is 1.47. The van der Waals surface area contributed by atoms with Gasteiger partial charge in [0.05, 0.1) is 16.3 Å². The van der Waals surface area contributed by atoms with Crippen molar-refractivity contribution in [3.05, 3.63) is 58.6 Å².